The van der Waals surface area contributed by atoms with Crippen molar-refractivity contribution in [2.45, 2.75) is 39.4 Å². The van der Waals surface area contributed by atoms with Gasteiger partial charge in [0.2, 0.25) is 0 Å². The summed E-state index contributed by atoms with van der Waals surface area (Å²) in [4.78, 5) is 11.8. The number of carbonyl (C=O) groups is 1. The highest BCUT2D eigenvalue weighted by Gasteiger charge is 2.28. The molecule has 94 valence electrons. The molecule has 1 aromatic rings. The Morgan fingerprint density at radius 3 is 2.24 bits per heavy atom. The molecule has 0 radical (unpaired) electrons. The third-order valence-electron chi connectivity index (χ3n) is 2.39. The fourth-order valence-corrected chi connectivity index (χ4v) is 1.46. The van der Waals surface area contributed by atoms with Gasteiger partial charge in [-0.1, -0.05) is 30.3 Å². The smallest absolute Gasteiger partial charge is 0.312 e. The van der Waals surface area contributed by atoms with Gasteiger partial charge in [0, 0.05) is 0 Å². The molecule has 3 heteroatoms. The van der Waals surface area contributed by atoms with Crippen LogP contribution in [0.2, 0.25) is 0 Å². The molecule has 0 saturated carbocycles. The molecule has 0 aliphatic carbocycles. The van der Waals surface area contributed by atoms with Crippen LogP contribution >= 0.6 is 0 Å². The van der Waals surface area contributed by atoms with Crippen molar-refractivity contribution in [2.24, 2.45) is 5.92 Å². The van der Waals surface area contributed by atoms with Gasteiger partial charge in [0.15, 0.2) is 0 Å². The molecule has 0 aromatic heterocycles. The van der Waals surface area contributed by atoms with Gasteiger partial charge in [0.05, 0.1) is 12.0 Å². The largest absolute Gasteiger partial charge is 0.460 e. The third-order valence-corrected chi connectivity index (χ3v) is 2.39. The van der Waals surface area contributed by atoms with Crippen molar-refractivity contribution in [3.63, 3.8) is 0 Å². The molecule has 0 unspecified atom stereocenters. The molecule has 0 heterocycles. The first kappa shape index (κ1) is 13.7. The van der Waals surface area contributed by atoms with Crippen LogP contribution in [0.25, 0.3) is 0 Å². The highest BCUT2D eigenvalue weighted by atomic mass is 16.6. The first-order valence-corrected chi connectivity index (χ1v) is 5.77. The Labute approximate surface area is 102 Å². The van der Waals surface area contributed by atoms with Crippen molar-refractivity contribution in [2.75, 3.05) is 0 Å². The van der Waals surface area contributed by atoms with E-state index in [9.17, 15) is 9.90 Å². The standard InChI is InChI=1S/C14H20O3/c1-10(13(16)17-14(2,3)4)12(15)11-8-6-5-7-9-11/h5-10,12,15H,1-4H3/t10-,12-/m0/s1. The Balaban J connectivity index is 2.70. The zero-order chi connectivity index (χ0) is 13.1. The molecule has 0 aliphatic heterocycles. The molecule has 1 aromatic carbocycles. The van der Waals surface area contributed by atoms with E-state index in [0.29, 0.717) is 0 Å². The summed E-state index contributed by atoms with van der Waals surface area (Å²) < 4.78 is 5.24. The van der Waals surface area contributed by atoms with Crippen LogP contribution in [0, 0.1) is 5.92 Å². The van der Waals surface area contributed by atoms with Crippen LogP contribution < -0.4 is 0 Å². The van der Waals surface area contributed by atoms with Gasteiger partial charge in [0.25, 0.3) is 0 Å². The average Bonchev–Trinajstić information content (AvgIpc) is 2.26. The second kappa shape index (κ2) is 5.32. The summed E-state index contributed by atoms with van der Waals surface area (Å²) >= 11 is 0. The van der Waals surface area contributed by atoms with E-state index < -0.39 is 17.6 Å². The average molecular weight is 236 g/mol. The lowest BCUT2D eigenvalue weighted by Crippen LogP contribution is -2.30. The molecule has 2 atom stereocenters. The Hall–Kier alpha value is -1.35. The second-order valence-corrected chi connectivity index (χ2v) is 5.18. The maximum Gasteiger partial charge on any atom is 0.312 e. The molecule has 1 rings (SSSR count). The van der Waals surface area contributed by atoms with Gasteiger partial charge in [0.1, 0.15) is 5.60 Å². The molecule has 1 N–H and O–H groups in total. The second-order valence-electron chi connectivity index (χ2n) is 5.18. The molecule has 0 saturated heterocycles. The summed E-state index contributed by atoms with van der Waals surface area (Å²) in [6.45, 7) is 7.11. The maximum absolute atomic E-state index is 11.8. The van der Waals surface area contributed by atoms with Gasteiger partial charge in [-0.15, -0.1) is 0 Å². The number of carbonyl (C=O) groups excluding carboxylic acids is 1. The summed E-state index contributed by atoms with van der Waals surface area (Å²) in [6, 6.07) is 9.13. The Morgan fingerprint density at radius 1 is 1.24 bits per heavy atom. The van der Waals surface area contributed by atoms with Crippen molar-refractivity contribution in [1.29, 1.82) is 0 Å². The highest BCUT2D eigenvalue weighted by molar-refractivity contribution is 5.73. The number of benzene rings is 1. The Kier molecular flexibility index (Phi) is 4.29. The topological polar surface area (TPSA) is 46.5 Å². The number of ether oxygens (including phenoxy) is 1. The molecular weight excluding hydrogens is 216 g/mol. The zero-order valence-corrected chi connectivity index (χ0v) is 10.8. The summed E-state index contributed by atoms with van der Waals surface area (Å²) in [7, 11) is 0. The van der Waals surface area contributed by atoms with Crippen LogP contribution in [0.4, 0.5) is 0 Å². The van der Waals surface area contributed by atoms with E-state index >= 15 is 0 Å². The van der Waals surface area contributed by atoms with Crippen LogP contribution in [0.5, 0.6) is 0 Å². The van der Waals surface area contributed by atoms with Crippen molar-refractivity contribution in [3.05, 3.63) is 35.9 Å². The maximum atomic E-state index is 11.8. The first-order chi connectivity index (χ1) is 7.81. The van der Waals surface area contributed by atoms with Crippen LogP contribution in [0.1, 0.15) is 39.4 Å². The minimum atomic E-state index is -0.828. The fourth-order valence-electron chi connectivity index (χ4n) is 1.46. The van der Waals surface area contributed by atoms with Gasteiger partial charge in [-0.05, 0) is 33.3 Å². The summed E-state index contributed by atoms with van der Waals surface area (Å²) in [5, 5.41) is 10.1. The van der Waals surface area contributed by atoms with Crippen LogP contribution in [0.3, 0.4) is 0 Å². The molecule has 0 spiro atoms. The Bertz CT molecular complexity index is 365. The third kappa shape index (κ3) is 4.19. The lowest BCUT2D eigenvalue weighted by atomic mass is 9.97. The monoisotopic (exact) mass is 236 g/mol. The Morgan fingerprint density at radius 2 is 1.76 bits per heavy atom. The molecule has 0 amide bonds. The van der Waals surface area contributed by atoms with E-state index in [2.05, 4.69) is 0 Å². The van der Waals surface area contributed by atoms with Gasteiger partial charge in [-0.25, -0.2) is 0 Å². The predicted molar refractivity (Wildman–Crippen MR) is 66.4 cm³/mol. The van der Waals surface area contributed by atoms with E-state index in [1.54, 1.807) is 19.1 Å². The number of rotatable bonds is 3. The summed E-state index contributed by atoms with van der Waals surface area (Å²) in [5.41, 5.74) is 0.202. The van der Waals surface area contributed by atoms with E-state index in [1.807, 2.05) is 39.0 Å². The molecule has 0 bridgehead atoms. The zero-order valence-electron chi connectivity index (χ0n) is 10.8. The lowest BCUT2D eigenvalue weighted by Gasteiger charge is -2.24. The number of aliphatic hydroxyl groups is 1. The minimum Gasteiger partial charge on any atom is -0.460 e. The van der Waals surface area contributed by atoms with E-state index in [4.69, 9.17) is 4.74 Å². The quantitative estimate of drug-likeness (QED) is 0.821. The highest BCUT2D eigenvalue weighted by Crippen LogP contribution is 2.24. The molecule has 17 heavy (non-hydrogen) atoms. The number of aliphatic hydroxyl groups excluding tert-OH is 1. The van der Waals surface area contributed by atoms with Crippen LogP contribution in [-0.4, -0.2) is 16.7 Å². The normalized spacial score (nSPS) is 15.1. The van der Waals surface area contributed by atoms with E-state index in [0.717, 1.165) is 5.56 Å². The van der Waals surface area contributed by atoms with Crippen molar-refractivity contribution < 1.29 is 14.6 Å². The first-order valence-electron chi connectivity index (χ1n) is 5.77. The number of esters is 1. The summed E-state index contributed by atoms with van der Waals surface area (Å²) in [5.74, 6) is -0.953. The SMILES string of the molecule is C[C@H](C(=O)OC(C)(C)C)[C@H](O)c1ccccc1. The van der Waals surface area contributed by atoms with E-state index in [1.165, 1.54) is 0 Å². The van der Waals surface area contributed by atoms with Crippen molar-refractivity contribution in [3.8, 4) is 0 Å². The predicted octanol–water partition coefficient (Wildman–Crippen LogP) is 2.70. The van der Waals surface area contributed by atoms with Gasteiger partial charge < -0.3 is 9.84 Å². The fraction of sp³-hybridized carbons (Fsp3) is 0.500. The van der Waals surface area contributed by atoms with E-state index in [-0.39, 0.29) is 5.97 Å². The van der Waals surface area contributed by atoms with Gasteiger partial charge in [-0.3, -0.25) is 4.79 Å². The van der Waals surface area contributed by atoms with Gasteiger partial charge in [-0.2, -0.15) is 0 Å². The van der Waals surface area contributed by atoms with Crippen molar-refractivity contribution >= 4 is 5.97 Å². The molecule has 0 fully saturated rings. The van der Waals surface area contributed by atoms with Crippen LogP contribution in [0.15, 0.2) is 30.3 Å². The van der Waals surface area contributed by atoms with Crippen molar-refractivity contribution in [1.82, 2.24) is 0 Å². The molecule has 0 aliphatic rings. The number of hydrogen-bond donors (Lipinski definition) is 1. The molecule has 3 nitrogen and oxygen atoms in total. The van der Waals surface area contributed by atoms with Crippen LogP contribution in [-0.2, 0) is 9.53 Å². The number of hydrogen-bond acceptors (Lipinski definition) is 3. The minimum absolute atomic E-state index is 0.381. The molecular formula is C14H20O3. The lowest BCUT2D eigenvalue weighted by molar-refractivity contribution is -0.163. The van der Waals surface area contributed by atoms with Gasteiger partial charge >= 0.3 is 5.97 Å². The summed E-state index contributed by atoms with van der Waals surface area (Å²) in [6.07, 6.45) is -0.828.